The second kappa shape index (κ2) is 5.77. The second-order valence-corrected chi connectivity index (χ2v) is 4.50. The van der Waals surface area contributed by atoms with Crippen LogP contribution in [0.25, 0.3) is 0 Å². The molecule has 4 nitrogen and oxygen atoms in total. The highest BCUT2D eigenvalue weighted by molar-refractivity contribution is 5.78. The minimum absolute atomic E-state index is 0.169. The Hall–Kier alpha value is -1.69. The number of halogens is 2. The Bertz CT molecular complexity index is 436. The lowest BCUT2D eigenvalue weighted by Crippen LogP contribution is -2.50. The molecule has 1 rings (SSSR count). The predicted octanol–water partition coefficient (Wildman–Crippen LogP) is 1.20. The van der Waals surface area contributed by atoms with Crippen LogP contribution < -0.4 is 15.8 Å². The van der Waals surface area contributed by atoms with Crippen molar-refractivity contribution in [3.63, 3.8) is 0 Å². The molecule has 0 fully saturated rings. The van der Waals surface area contributed by atoms with Gasteiger partial charge in [-0.1, -0.05) is 0 Å². The van der Waals surface area contributed by atoms with E-state index in [9.17, 15) is 13.6 Å². The first-order chi connectivity index (χ1) is 8.34. The summed E-state index contributed by atoms with van der Waals surface area (Å²) in [6, 6.07) is 2.88. The van der Waals surface area contributed by atoms with E-state index in [0.29, 0.717) is 6.07 Å². The van der Waals surface area contributed by atoms with Crippen molar-refractivity contribution in [2.24, 2.45) is 5.73 Å². The largest absolute Gasteiger partial charge is 0.481 e. The lowest BCUT2D eigenvalue weighted by molar-refractivity contribution is -0.124. The van der Waals surface area contributed by atoms with Crippen molar-refractivity contribution < 1.29 is 18.3 Å². The van der Waals surface area contributed by atoms with E-state index < -0.39 is 23.1 Å². The lowest BCUT2D eigenvalue weighted by atomic mass is 10.1. The van der Waals surface area contributed by atoms with Gasteiger partial charge in [0.1, 0.15) is 5.82 Å². The number of amides is 1. The van der Waals surface area contributed by atoms with E-state index in [-0.39, 0.29) is 18.9 Å². The molecular formula is C12H16F2N2O2. The van der Waals surface area contributed by atoms with Crippen LogP contribution in [0.15, 0.2) is 18.2 Å². The third kappa shape index (κ3) is 4.29. The summed E-state index contributed by atoms with van der Waals surface area (Å²) in [6.07, 6.45) is 0. The van der Waals surface area contributed by atoms with Crippen LogP contribution in [0.5, 0.6) is 5.75 Å². The topological polar surface area (TPSA) is 64.3 Å². The number of nitrogens with one attached hydrogen (secondary N) is 1. The fraction of sp³-hybridized carbons (Fsp3) is 0.417. The molecule has 0 bridgehead atoms. The molecule has 0 aliphatic heterocycles. The monoisotopic (exact) mass is 258 g/mol. The van der Waals surface area contributed by atoms with Gasteiger partial charge in [0.2, 0.25) is 0 Å². The van der Waals surface area contributed by atoms with Crippen LogP contribution in [0.2, 0.25) is 0 Å². The van der Waals surface area contributed by atoms with E-state index in [4.69, 9.17) is 10.5 Å². The quantitative estimate of drug-likeness (QED) is 0.834. The fourth-order valence-electron chi connectivity index (χ4n) is 1.20. The normalized spacial score (nSPS) is 11.2. The van der Waals surface area contributed by atoms with Gasteiger partial charge in [-0.15, -0.1) is 0 Å². The molecule has 0 aliphatic rings. The Labute approximate surface area is 104 Å². The molecule has 6 heteroatoms. The molecule has 1 aromatic carbocycles. The molecule has 1 amide bonds. The average molecular weight is 258 g/mol. The molecule has 100 valence electrons. The average Bonchev–Trinajstić information content (AvgIpc) is 2.27. The smallest absolute Gasteiger partial charge is 0.258 e. The van der Waals surface area contributed by atoms with Crippen LogP contribution in [0, 0.1) is 11.6 Å². The molecule has 0 saturated carbocycles. The molecule has 1 aromatic rings. The first-order valence-corrected chi connectivity index (χ1v) is 5.43. The van der Waals surface area contributed by atoms with Crippen LogP contribution >= 0.6 is 0 Å². The zero-order valence-electron chi connectivity index (χ0n) is 10.3. The molecule has 0 heterocycles. The number of carbonyl (C=O) groups is 1. The van der Waals surface area contributed by atoms with E-state index in [2.05, 4.69) is 5.32 Å². The number of hydrogen-bond donors (Lipinski definition) is 2. The van der Waals surface area contributed by atoms with Gasteiger partial charge >= 0.3 is 0 Å². The molecule has 0 saturated heterocycles. The Morgan fingerprint density at radius 3 is 2.67 bits per heavy atom. The van der Waals surface area contributed by atoms with Crippen LogP contribution in [-0.2, 0) is 4.79 Å². The van der Waals surface area contributed by atoms with Gasteiger partial charge in [0, 0.05) is 18.2 Å². The van der Waals surface area contributed by atoms with Crippen molar-refractivity contribution in [3.05, 3.63) is 29.8 Å². The number of hydrogen-bond acceptors (Lipinski definition) is 3. The minimum Gasteiger partial charge on any atom is -0.481 e. The fourth-order valence-corrected chi connectivity index (χ4v) is 1.20. The number of benzene rings is 1. The maximum atomic E-state index is 13.2. The van der Waals surface area contributed by atoms with E-state index in [1.165, 1.54) is 0 Å². The zero-order valence-corrected chi connectivity index (χ0v) is 10.3. The van der Waals surface area contributed by atoms with Crippen molar-refractivity contribution in [1.29, 1.82) is 0 Å². The standard InChI is InChI=1S/C12H16F2N2O2/c1-12(2,7-15)16-11(17)6-18-10-4-3-8(13)5-9(10)14/h3-5H,6-7,15H2,1-2H3,(H,16,17). The van der Waals surface area contributed by atoms with Gasteiger partial charge in [0.25, 0.3) is 5.91 Å². The van der Waals surface area contributed by atoms with Gasteiger partial charge in [-0.05, 0) is 26.0 Å². The number of ether oxygens (including phenoxy) is 1. The Morgan fingerprint density at radius 1 is 1.44 bits per heavy atom. The third-order valence-electron chi connectivity index (χ3n) is 2.24. The second-order valence-electron chi connectivity index (χ2n) is 4.50. The van der Waals surface area contributed by atoms with Crippen molar-refractivity contribution >= 4 is 5.91 Å². The molecule has 0 aliphatic carbocycles. The van der Waals surface area contributed by atoms with Crippen LogP contribution in [0.4, 0.5) is 8.78 Å². The lowest BCUT2D eigenvalue weighted by Gasteiger charge is -2.24. The molecule has 0 unspecified atom stereocenters. The van der Waals surface area contributed by atoms with Crippen LogP contribution in [0.3, 0.4) is 0 Å². The summed E-state index contributed by atoms with van der Waals surface area (Å²) in [5, 5.41) is 2.62. The molecule has 0 radical (unpaired) electrons. The Kier molecular flexibility index (Phi) is 4.61. The van der Waals surface area contributed by atoms with Gasteiger partial charge in [0.05, 0.1) is 0 Å². The van der Waals surface area contributed by atoms with Crippen LogP contribution in [0.1, 0.15) is 13.8 Å². The zero-order chi connectivity index (χ0) is 13.8. The highest BCUT2D eigenvalue weighted by Crippen LogP contribution is 2.17. The first-order valence-electron chi connectivity index (χ1n) is 5.43. The number of carbonyl (C=O) groups excluding carboxylic acids is 1. The highest BCUT2D eigenvalue weighted by Gasteiger charge is 2.18. The SMILES string of the molecule is CC(C)(CN)NC(=O)COc1ccc(F)cc1F. The van der Waals surface area contributed by atoms with Gasteiger partial charge in [-0.25, -0.2) is 8.78 Å². The molecule has 0 atom stereocenters. The Balaban J connectivity index is 2.53. The summed E-state index contributed by atoms with van der Waals surface area (Å²) < 4.78 is 30.8. The van der Waals surface area contributed by atoms with Crippen LogP contribution in [-0.4, -0.2) is 24.6 Å². The van der Waals surface area contributed by atoms with Crippen molar-refractivity contribution in [3.8, 4) is 5.75 Å². The maximum Gasteiger partial charge on any atom is 0.258 e. The summed E-state index contributed by atoms with van der Waals surface area (Å²) >= 11 is 0. The van der Waals surface area contributed by atoms with Gasteiger partial charge in [0.15, 0.2) is 18.2 Å². The minimum atomic E-state index is -0.846. The molecular weight excluding hydrogens is 242 g/mol. The summed E-state index contributed by atoms with van der Waals surface area (Å²) in [5.74, 6) is -2.14. The molecule has 0 spiro atoms. The van der Waals surface area contributed by atoms with Crippen molar-refractivity contribution in [1.82, 2.24) is 5.32 Å². The highest BCUT2D eigenvalue weighted by atomic mass is 19.1. The summed E-state index contributed by atoms with van der Waals surface area (Å²) in [5.41, 5.74) is 4.89. The van der Waals surface area contributed by atoms with E-state index in [1.54, 1.807) is 13.8 Å². The molecule has 18 heavy (non-hydrogen) atoms. The van der Waals surface area contributed by atoms with Gasteiger partial charge < -0.3 is 15.8 Å². The molecule has 0 aromatic heterocycles. The summed E-state index contributed by atoms with van der Waals surface area (Å²) in [6.45, 7) is 3.42. The third-order valence-corrected chi connectivity index (χ3v) is 2.24. The predicted molar refractivity (Wildman–Crippen MR) is 63.1 cm³/mol. The molecule has 3 N–H and O–H groups in total. The van der Waals surface area contributed by atoms with E-state index >= 15 is 0 Å². The summed E-state index contributed by atoms with van der Waals surface area (Å²) in [7, 11) is 0. The summed E-state index contributed by atoms with van der Waals surface area (Å²) in [4.78, 5) is 11.5. The van der Waals surface area contributed by atoms with Crippen molar-refractivity contribution in [2.45, 2.75) is 19.4 Å². The Morgan fingerprint density at radius 2 is 2.11 bits per heavy atom. The van der Waals surface area contributed by atoms with E-state index in [0.717, 1.165) is 12.1 Å². The number of rotatable bonds is 5. The number of nitrogens with two attached hydrogens (primary N) is 1. The van der Waals surface area contributed by atoms with Gasteiger partial charge in [-0.2, -0.15) is 0 Å². The van der Waals surface area contributed by atoms with Crippen molar-refractivity contribution in [2.75, 3.05) is 13.2 Å². The van der Waals surface area contributed by atoms with Gasteiger partial charge in [-0.3, -0.25) is 4.79 Å². The van der Waals surface area contributed by atoms with E-state index in [1.807, 2.05) is 0 Å². The first kappa shape index (κ1) is 14.4. The maximum absolute atomic E-state index is 13.2.